The van der Waals surface area contributed by atoms with Crippen molar-refractivity contribution in [3.63, 3.8) is 0 Å². The lowest BCUT2D eigenvalue weighted by Gasteiger charge is -2.46. The number of hydrogen-bond acceptors (Lipinski definition) is 5. The second kappa shape index (κ2) is 9.67. The Morgan fingerprint density at radius 1 is 0.967 bits per heavy atom. The number of likely N-dealkylation sites (tertiary alicyclic amines) is 1. The van der Waals surface area contributed by atoms with E-state index in [1.165, 1.54) is 7.11 Å². The van der Waals surface area contributed by atoms with Crippen molar-refractivity contribution in [1.82, 2.24) is 4.90 Å². The van der Waals surface area contributed by atoms with E-state index in [9.17, 15) is 14.4 Å². The molecule has 0 saturated carbocycles. The average molecular weight is 408 g/mol. The highest BCUT2D eigenvalue weighted by Crippen LogP contribution is 2.35. The second-order valence-corrected chi connectivity index (χ2v) is 7.51. The fraction of sp³-hybridized carbons (Fsp3) is 0.375. The minimum atomic E-state index is -1.07. The van der Waals surface area contributed by atoms with Crippen molar-refractivity contribution < 1.29 is 19.1 Å². The van der Waals surface area contributed by atoms with E-state index in [2.05, 4.69) is 0 Å². The van der Waals surface area contributed by atoms with Crippen molar-refractivity contribution in [1.29, 1.82) is 0 Å². The van der Waals surface area contributed by atoms with Gasteiger partial charge >= 0.3 is 5.97 Å². The molecule has 0 spiro atoms. The number of Topliss-reactive ketones (excluding diaryl/α,β-unsaturated/α-hetero) is 1. The summed E-state index contributed by atoms with van der Waals surface area (Å²) in [6, 6.07) is 18.4. The number of amides is 1. The summed E-state index contributed by atoms with van der Waals surface area (Å²) in [5.41, 5.74) is 0.285. The van der Waals surface area contributed by atoms with Gasteiger partial charge in [-0.05, 0) is 25.0 Å². The lowest BCUT2D eigenvalue weighted by Crippen LogP contribution is -2.63. The Balaban J connectivity index is 1.82. The van der Waals surface area contributed by atoms with E-state index in [0.29, 0.717) is 37.2 Å². The van der Waals surface area contributed by atoms with Crippen LogP contribution in [-0.4, -0.2) is 54.8 Å². The van der Waals surface area contributed by atoms with Crippen LogP contribution in [0.25, 0.3) is 0 Å². The first-order chi connectivity index (χ1) is 14.5. The summed E-state index contributed by atoms with van der Waals surface area (Å²) in [6.07, 6.45) is 1.09. The first-order valence-corrected chi connectivity index (χ1v) is 10.3. The molecule has 1 aliphatic heterocycles. The predicted octanol–water partition coefficient (Wildman–Crippen LogP) is 3.32. The van der Waals surface area contributed by atoms with Crippen LogP contribution in [0.1, 0.15) is 36.5 Å². The quantitative estimate of drug-likeness (QED) is 0.519. The van der Waals surface area contributed by atoms with Gasteiger partial charge in [-0.15, -0.1) is 0 Å². The number of ketones is 1. The number of methoxy groups -OCH3 is 1. The monoisotopic (exact) mass is 408 g/mol. The molecule has 0 atom stereocenters. The molecule has 1 saturated heterocycles. The summed E-state index contributed by atoms with van der Waals surface area (Å²) >= 11 is 0. The minimum Gasteiger partial charge on any atom is -0.467 e. The van der Waals surface area contributed by atoms with Crippen molar-refractivity contribution in [3.8, 4) is 0 Å². The molecule has 0 aromatic heterocycles. The fourth-order valence-corrected chi connectivity index (χ4v) is 4.07. The van der Waals surface area contributed by atoms with Crippen LogP contribution in [0.2, 0.25) is 0 Å². The summed E-state index contributed by atoms with van der Waals surface area (Å²) in [5, 5.41) is 0. The van der Waals surface area contributed by atoms with Gasteiger partial charge in [0.1, 0.15) is 5.54 Å². The molecule has 2 aromatic rings. The molecule has 1 aliphatic rings. The average Bonchev–Trinajstić information content (AvgIpc) is 2.81. The highest BCUT2D eigenvalue weighted by atomic mass is 16.5. The molecule has 1 heterocycles. The Morgan fingerprint density at radius 3 is 2.07 bits per heavy atom. The zero-order valence-corrected chi connectivity index (χ0v) is 17.5. The molecule has 0 N–H and O–H groups in total. The van der Waals surface area contributed by atoms with Gasteiger partial charge in [-0.1, -0.05) is 55.5 Å². The summed E-state index contributed by atoms with van der Waals surface area (Å²) in [6.45, 7) is 3.12. The van der Waals surface area contributed by atoms with Gasteiger partial charge in [0.05, 0.1) is 13.7 Å². The number of nitrogens with zero attached hydrogens (tertiary/aromatic N) is 2. The molecule has 1 fully saturated rings. The van der Waals surface area contributed by atoms with E-state index in [4.69, 9.17) is 4.74 Å². The van der Waals surface area contributed by atoms with Crippen LogP contribution in [-0.2, 0) is 14.3 Å². The van der Waals surface area contributed by atoms with Crippen LogP contribution in [0.15, 0.2) is 60.7 Å². The molecule has 158 valence electrons. The molecule has 0 unspecified atom stereocenters. The Hall–Kier alpha value is -2.99. The number of esters is 1. The third-order valence-corrected chi connectivity index (χ3v) is 5.71. The van der Waals surface area contributed by atoms with Crippen LogP contribution in [0.4, 0.5) is 5.69 Å². The summed E-state index contributed by atoms with van der Waals surface area (Å²) in [5.74, 6) is -0.492. The lowest BCUT2D eigenvalue weighted by molar-refractivity contribution is -0.150. The molecule has 6 nitrogen and oxygen atoms in total. The van der Waals surface area contributed by atoms with Crippen molar-refractivity contribution in [2.24, 2.45) is 0 Å². The number of ether oxygens (including phenoxy) is 1. The predicted molar refractivity (Wildman–Crippen MR) is 115 cm³/mol. The van der Waals surface area contributed by atoms with Crippen LogP contribution < -0.4 is 4.90 Å². The normalized spacial score (nSPS) is 15.9. The number of hydrogen-bond donors (Lipinski definition) is 0. The lowest BCUT2D eigenvalue weighted by atomic mass is 9.84. The summed E-state index contributed by atoms with van der Waals surface area (Å²) in [7, 11) is 1.36. The molecule has 2 aromatic carbocycles. The number of rotatable bonds is 7. The Morgan fingerprint density at radius 2 is 1.53 bits per heavy atom. The number of anilines is 1. The topological polar surface area (TPSA) is 66.9 Å². The van der Waals surface area contributed by atoms with E-state index < -0.39 is 11.5 Å². The highest BCUT2D eigenvalue weighted by Gasteiger charge is 2.49. The van der Waals surface area contributed by atoms with Crippen LogP contribution in [0.5, 0.6) is 0 Å². The molecular formula is C24H28N2O4. The van der Waals surface area contributed by atoms with E-state index in [1.807, 2.05) is 65.6 Å². The van der Waals surface area contributed by atoms with Gasteiger partial charge in [-0.3, -0.25) is 19.4 Å². The van der Waals surface area contributed by atoms with Crippen LogP contribution in [0.3, 0.4) is 0 Å². The Labute approximate surface area is 177 Å². The molecular weight excluding hydrogens is 380 g/mol. The Kier molecular flexibility index (Phi) is 7.00. The van der Waals surface area contributed by atoms with Gasteiger partial charge in [0, 0.05) is 30.8 Å². The van der Waals surface area contributed by atoms with E-state index in [0.717, 1.165) is 0 Å². The standard InChI is InChI=1S/C24H28N2O4/c1-3-22(28)26(20-12-8-5-9-13-20)24(23(29)30-2)14-16-25(17-15-24)18-21(27)19-10-6-4-7-11-19/h4-13H,3,14-18H2,1-2H3. The van der Waals surface area contributed by atoms with Gasteiger partial charge in [-0.25, -0.2) is 4.79 Å². The van der Waals surface area contributed by atoms with Crippen LogP contribution in [0, 0.1) is 0 Å². The maximum atomic E-state index is 13.0. The third-order valence-electron chi connectivity index (χ3n) is 5.71. The molecule has 1 amide bonds. The first kappa shape index (κ1) is 21.7. The third kappa shape index (κ3) is 4.44. The van der Waals surface area contributed by atoms with E-state index in [1.54, 1.807) is 11.8 Å². The summed E-state index contributed by atoms with van der Waals surface area (Å²) in [4.78, 5) is 42.1. The molecule has 30 heavy (non-hydrogen) atoms. The maximum absolute atomic E-state index is 13.0. The van der Waals surface area contributed by atoms with Gasteiger partial charge in [0.25, 0.3) is 0 Å². The fourth-order valence-electron chi connectivity index (χ4n) is 4.07. The SMILES string of the molecule is CCC(=O)N(c1ccccc1)C1(C(=O)OC)CCN(CC(=O)c2ccccc2)CC1. The molecule has 0 aliphatic carbocycles. The summed E-state index contributed by atoms with van der Waals surface area (Å²) < 4.78 is 5.16. The number of carbonyl (C=O) groups is 3. The Bertz CT molecular complexity index is 875. The number of piperidine rings is 1. The van der Waals surface area contributed by atoms with E-state index in [-0.39, 0.29) is 24.7 Å². The number of para-hydroxylation sites is 1. The van der Waals surface area contributed by atoms with Crippen LogP contribution >= 0.6 is 0 Å². The van der Waals surface area contributed by atoms with Crippen molar-refractivity contribution in [2.75, 3.05) is 31.6 Å². The number of benzene rings is 2. The molecule has 0 radical (unpaired) electrons. The number of carbonyl (C=O) groups excluding carboxylic acids is 3. The zero-order chi connectivity index (χ0) is 21.6. The van der Waals surface area contributed by atoms with Crippen molar-refractivity contribution >= 4 is 23.3 Å². The first-order valence-electron chi connectivity index (χ1n) is 10.3. The highest BCUT2D eigenvalue weighted by molar-refractivity contribution is 6.02. The molecule has 3 rings (SSSR count). The van der Waals surface area contributed by atoms with Gasteiger partial charge in [-0.2, -0.15) is 0 Å². The minimum absolute atomic E-state index is 0.0470. The molecule has 0 bridgehead atoms. The van der Waals surface area contributed by atoms with Gasteiger partial charge < -0.3 is 4.74 Å². The van der Waals surface area contributed by atoms with Gasteiger partial charge in [0.2, 0.25) is 5.91 Å². The largest absolute Gasteiger partial charge is 0.467 e. The second-order valence-electron chi connectivity index (χ2n) is 7.51. The van der Waals surface area contributed by atoms with E-state index >= 15 is 0 Å². The molecule has 6 heteroatoms. The van der Waals surface area contributed by atoms with Gasteiger partial charge in [0.15, 0.2) is 5.78 Å². The van der Waals surface area contributed by atoms with Crippen molar-refractivity contribution in [3.05, 3.63) is 66.2 Å². The smallest absolute Gasteiger partial charge is 0.332 e. The maximum Gasteiger partial charge on any atom is 0.332 e. The zero-order valence-electron chi connectivity index (χ0n) is 17.5. The van der Waals surface area contributed by atoms with Crippen molar-refractivity contribution in [2.45, 2.75) is 31.7 Å².